The third kappa shape index (κ3) is 3.53. The third-order valence-electron chi connectivity index (χ3n) is 3.39. The number of hydrogen-bond donors (Lipinski definition) is 1. The highest BCUT2D eigenvalue weighted by Crippen LogP contribution is 2.16. The van der Waals surface area contributed by atoms with Gasteiger partial charge in [-0.2, -0.15) is 5.10 Å². The normalized spacial score (nSPS) is 20.1. The molecule has 1 unspecified atom stereocenters. The first-order valence-corrected chi connectivity index (χ1v) is 6.54. The highest BCUT2D eigenvalue weighted by Gasteiger charge is 2.22. The Balaban J connectivity index is 1.77. The summed E-state index contributed by atoms with van der Waals surface area (Å²) in [6.07, 6.45) is 5.98. The Morgan fingerprint density at radius 3 is 3.17 bits per heavy atom. The van der Waals surface area contributed by atoms with Crippen LogP contribution in [0.5, 0.6) is 0 Å². The van der Waals surface area contributed by atoms with Crippen LogP contribution in [0.2, 0.25) is 0 Å². The minimum Gasteiger partial charge on any atom is -0.342 e. The summed E-state index contributed by atoms with van der Waals surface area (Å²) in [7, 11) is 1.96. The van der Waals surface area contributed by atoms with Gasteiger partial charge in [-0.15, -0.1) is 0 Å². The summed E-state index contributed by atoms with van der Waals surface area (Å²) >= 11 is 0. The molecule has 1 amide bonds. The average molecular weight is 251 g/mol. The first kappa shape index (κ1) is 13.0. The van der Waals surface area contributed by atoms with E-state index in [1.54, 1.807) is 11.0 Å². The largest absolute Gasteiger partial charge is 0.342 e. The van der Waals surface area contributed by atoms with Crippen LogP contribution in [0.25, 0.3) is 0 Å². The smallest absolute Gasteiger partial charge is 0.224 e. The molecule has 1 N–H and O–H groups in total. The van der Waals surface area contributed by atoms with Gasteiger partial charge in [0.1, 0.15) is 12.7 Å². The summed E-state index contributed by atoms with van der Waals surface area (Å²) in [5.74, 6) is 0.824. The maximum absolute atomic E-state index is 12.1. The molecule has 1 saturated heterocycles. The van der Waals surface area contributed by atoms with Gasteiger partial charge in [0.2, 0.25) is 5.91 Å². The molecule has 0 bridgehead atoms. The Bertz CT molecular complexity index is 363. The van der Waals surface area contributed by atoms with Gasteiger partial charge in [-0.05, 0) is 32.4 Å². The van der Waals surface area contributed by atoms with Crippen LogP contribution in [0.3, 0.4) is 0 Å². The van der Waals surface area contributed by atoms with Crippen molar-refractivity contribution < 1.29 is 4.79 Å². The van der Waals surface area contributed by atoms with E-state index >= 15 is 0 Å². The number of piperidine rings is 1. The van der Waals surface area contributed by atoms with Gasteiger partial charge in [-0.25, -0.2) is 4.98 Å². The predicted octanol–water partition coefficient (Wildman–Crippen LogP) is 0.126. The molecule has 1 aromatic rings. The van der Waals surface area contributed by atoms with Crippen LogP contribution in [-0.2, 0) is 11.3 Å². The zero-order valence-corrected chi connectivity index (χ0v) is 10.9. The Labute approximate surface area is 107 Å². The molecule has 1 atom stereocenters. The quantitative estimate of drug-likeness (QED) is 0.808. The van der Waals surface area contributed by atoms with Crippen LogP contribution in [0.4, 0.5) is 0 Å². The standard InChI is InChI=1S/C12H21N5O/c1-13-7-11-3-2-5-16(8-11)12(18)4-6-17-10-14-9-15-17/h9-11,13H,2-8H2,1H3. The highest BCUT2D eigenvalue weighted by molar-refractivity contribution is 5.76. The molecule has 2 heterocycles. The number of nitrogens with one attached hydrogen (secondary N) is 1. The number of aryl methyl sites for hydroxylation is 1. The van der Waals surface area contributed by atoms with Gasteiger partial charge < -0.3 is 10.2 Å². The molecule has 100 valence electrons. The van der Waals surface area contributed by atoms with Crippen LogP contribution in [-0.4, -0.2) is 52.3 Å². The number of nitrogens with zero attached hydrogens (tertiary/aromatic N) is 4. The molecule has 0 aliphatic carbocycles. The van der Waals surface area contributed by atoms with E-state index in [0.29, 0.717) is 18.9 Å². The van der Waals surface area contributed by atoms with Gasteiger partial charge >= 0.3 is 0 Å². The molecule has 0 radical (unpaired) electrons. The van der Waals surface area contributed by atoms with Crippen LogP contribution in [0.1, 0.15) is 19.3 Å². The summed E-state index contributed by atoms with van der Waals surface area (Å²) in [5.41, 5.74) is 0. The van der Waals surface area contributed by atoms with Gasteiger partial charge in [-0.1, -0.05) is 0 Å². The molecule has 1 fully saturated rings. The minimum atomic E-state index is 0.228. The summed E-state index contributed by atoms with van der Waals surface area (Å²) in [4.78, 5) is 17.9. The number of hydrogen-bond acceptors (Lipinski definition) is 4. The van der Waals surface area contributed by atoms with Crippen LogP contribution >= 0.6 is 0 Å². The molecule has 1 aliphatic heterocycles. The number of carbonyl (C=O) groups excluding carboxylic acids is 1. The number of rotatable bonds is 5. The highest BCUT2D eigenvalue weighted by atomic mass is 16.2. The molecular formula is C12H21N5O. The number of likely N-dealkylation sites (tertiary alicyclic amines) is 1. The van der Waals surface area contributed by atoms with E-state index in [1.807, 2.05) is 11.9 Å². The van der Waals surface area contributed by atoms with Gasteiger partial charge in [-0.3, -0.25) is 9.48 Å². The summed E-state index contributed by atoms with van der Waals surface area (Å²) in [5, 5.41) is 7.19. The van der Waals surface area contributed by atoms with Crippen molar-refractivity contribution >= 4 is 5.91 Å². The fourth-order valence-electron chi connectivity index (χ4n) is 2.46. The number of amides is 1. The Morgan fingerprint density at radius 2 is 2.44 bits per heavy atom. The average Bonchev–Trinajstić information content (AvgIpc) is 2.90. The van der Waals surface area contributed by atoms with Gasteiger partial charge in [0.15, 0.2) is 0 Å². The molecule has 6 heteroatoms. The monoisotopic (exact) mass is 251 g/mol. The van der Waals surface area contributed by atoms with Crippen molar-refractivity contribution in [2.45, 2.75) is 25.8 Å². The SMILES string of the molecule is CNCC1CCCN(C(=O)CCn2cncn2)C1. The summed E-state index contributed by atoms with van der Waals surface area (Å²) in [6.45, 7) is 3.40. The molecule has 0 spiro atoms. The van der Waals surface area contributed by atoms with Crippen LogP contribution in [0, 0.1) is 5.92 Å². The second kappa shape index (κ2) is 6.49. The van der Waals surface area contributed by atoms with E-state index in [0.717, 1.165) is 26.1 Å². The molecule has 0 aromatic carbocycles. The Hall–Kier alpha value is -1.43. The molecule has 2 rings (SSSR count). The van der Waals surface area contributed by atoms with Crippen molar-refractivity contribution in [2.24, 2.45) is 5.92 Å². The lowest BCUT2D eigenvalue weighted by molar-refractivity contribution is -0.133. The maximum atomic E-state index is 12.1. The second-order valence-electron chi connectivity index (χ2n) is 4.81. The first-order chi connectivity index (χ1) is 8.79. The van der Waals surface area contributed by atoms with Crippen molar-refractivity contribution in [1.29, 1.82) is 0 Å². The lowest BCUT2D eigenvalue weighted by Crippen LogP contribution is -2.42. The zero-order chi connectivity index (χ0) is 12.8. The van der Waals surface area contributed by atoms with E-state index in [1.165, 1.54) is 12.7 Å². The minimum absolute atomic E-state index is 0.228. The third-order valence-corrected chi connectivity index (χ3v) is 3.39. The van der Waals surface area contributed by atoms with Crippen molar-refractivity contribution in [3.8, 4) is 0 Å². The fourth-order valence-corrected chi connectivity index (χ4v) is 2.46. The molecule has 6 nitrogen and oxygen atoms in total. The van der Waals surface area contributed by atoms with E-state index in [9.17, 15) is 4.79 Å². The lowest BCUT2D eigenvalue weighted by atomic mass is 9.98. The van der Waals surface area contributed by atoms with E-state index in [2.05, 4.69) is 15.4 Å². The Kier molecular flexibility index (Phi) is 4.69. The molecule has 18 heavy (non-hydrogen) atoms. The van der Waals surface area contributed by atoms with E-state index < -0.39 is 0 Å². The van der Waals surface area contributed by atoms with E-state index in [-0.39, 0.29) is 5.91 Å². The zero-order valence-electron chi connectivity index (χ0n) is 10.9. The lowest BCUT2D eigenvalue weighted by Gasteiger charge is -2.32. The van der Waals surface area contributed by atoms with Crippen molar-refractivity contribution in [2.75, 3.05) is 26.7 Å². The molecule has 1 aliphatic rings. The van der Waals surface area contributed by atoms with Gasteiger partial charge in [0, 0.05) is 19.5 Å². The molecular weight excluding hydrogens is 230 g/mol. The van der Waals surface area contributed by atoms with E-state index in [4.69, 9.17) is 0 Å². The van der Waals surface area contributed by atoms with Crippen molar-refractivity contribution in [3.63, 3.8) is 0 Å². The summed E-state index contributed by atoms with van der Waals surface area (Å²) < 4.78 is 1.70. The summed E-state index contributed by atoms with van der Waals surface area (Å²) in [6, 6.07) is 0. The van der Waals surface area contributed by atoms with Gasteiger partial charge in [0.05, 0.1) is 6.54 Å². The Morgan fingerprint density at radius 1 is 1.56 bits per heavy atom. The second-order valence-corrected chi connectivity index (χ2v) is 4.81. The molecule has 0 saturated carbocycles. The van der Waals surface area contributed by atoms with Crippen molar-refractivity contribution in [1.82, 2.24) is 25.0 Å². The predicted molar refractivity (Wildman–Crippen MR) is 67.9 cm³/mol. The van der Waals surface area contributed by atoms with Crippen molar-refractivity contribution in [3.05, 3.63) is 12.7 Å². The number of carbonyl (C=O) groups is 1. The first-order valence-electron chi connectivity index (χ1n) is 6.54. The maximum Gasteiger partial charge on any atom is 0.224 e. The fraction of sp³-hybridized carbons (Fsp3) is 0.750. The topological polar surface area (TPSA) is 63.1 Å². The van der Waals surface area contributed by atoms with Crippen LogP contribution < -0.4 is 5.32 Å². The molecule has 1 aromatic heterocycles. The van der Waals surface area contributed by atoms with Crippen LogP contribution in [0.15, 0.2) is 12.7 Å². The van der Waals surface area contributed by atoms with Gasteiger partial charge in [0.25, 0.3) is 0 Å². The number of aromatic nitrogens is 3.